The highest BCUT2D eigenvalue weighted by molar-refractivity contribution is 7.99. The van der Waals surface area contributed by atoms with Gasteiger partial charge in [0.15, 0.2) is 9.99 Å². The SMILES string of the molecule is CCCn1c(SCCNC(=O)C(Cl)Cl)nc(-c2ccccc2)c1-c1ccccc1. The molecule has 1 heterocycles. The Kier molecular flexibility index (Phi) is 8.04. The standard InChI is InChI=1S/C22H23Cl2N3OS/c1-2-14-27-19(17-11-7-4-8-12-17)18(16-9-5-3-6-10-16)26-22(27)29-15-13-25-21(28)20(23)24/h3-12,20H,2,13-15H2,1H3,(H,25,28). The van der Waals surface area contributed by atoms with Gasteiger partial charge in [-0.25, -0.2) is 4.98 Å². The van der Waals surface area contributed by atoms with E-state index in [0.29, 0.717) is 12.3 Å². The number of thioether (sulfide) groups is 1. The lowest BCUT2D eigenvalue weighted by Gasteiger charge is -2.12. The second-order valence-electron chi connectivity index (χ2n) is 6.42. The maximum Gasteiger partial charge on any atom is 0.253 e. The van der Waals surface area contributed by atoms with Gasteiger partial charge in [0.05, 0.1) is 11.4 Å². The third-order valence-electron chi connectivity index (χ3n) is 4.30. The predicted octanol–water partition coefficient (Wildman–Crippen LogP) is 5.64. The molecule has 7 heteroatoms. The quantitative estimate of drug-likeness (QED) is 0.262. The largest absolute Gasteiger partial charge is 0.353 e. The van der Waals surface area contributed by atoms with Crippen molar-refractivity contribution >= 4 is 40.9 Å². The number of nitrogens with one attached hydrogen (secondary N) is 1. The highest BCUT2D eigenvalue weighted by Gasteiger charge is 2.20. The summed E-state index contributed by atoms with van der Waals surface area (Å²) < 4.78 is 2.27. The van der Waals surface area contributed by atoms with Crippen LogP contribution in [-0.2, 0) is 11.3 Å². The summed E-state index contributed by atoms with van der Waals surface area (Å²) >= 11 is 12.8. The minimum atomic E-state index is -1.04. The van der Waals surface area contributed by atoms with E-state index in [1.165, 1.54) is 0 Å². The fourth-order valence-electron chi connectivity index (χ4n) is 3.05. The molecule has 0 aliphatic carbocycles. The van der Waals surface area contributed by atoms with Crippen molar-refractivity contribution in [1.82, 2.24) is 14.9 Å². The maximum atomic E-state index is 11.5. The summed E-state index contributed by atoms with van der Waals surface area (Å²) in [6.45, 7) is 3.50. The van der Waals surface area contributed by atoms with Gasteiger partial charge >= 0.3 is 0 Å². The molecule has 0 aliphatic heterocycles. The Labute approximate surface area is 185 Å². The molecule has 1 aromatic heterocycles. The monoisotopic (exact) mass is 447 g/mol. The van der Waals surface area contributed by atoms with Crippen molar-refractivity contribution in [1.29, 1.82) is 0 Å². The van der Waals surface area contributed by atoms with Gasteiger partial charge < -0.3 is 9.88 Å². The van der Waals surface area contributed by atoms with E-state index in [2.05, 4.69) is 41.1 Å². The number of amides is 1. The number of nitrogens with zero attached hydrogens (tertiary/aromatic N) is 2. The van der Waals surface area contributed by atoms with Crippen molar-refractivity contribution in [3.05, 3.63) is 60.7 Å². The van der Waals surface area contributed by atoms with Crippen LogP contribution in [0.4, 0.5) is 0 Å². The number of benzene rings is 2. The van der Waals surface area contributed by atoms with Gasteiger partial charge in [0.2, 0.25) is 0 Å². The molecule has 3 aromatic rings. The molecule has 0 unspecified atom stereocenters. The molecule has 0 bridgehead atoms. The number of hydrogen-bond acceptors (Lipinski definition) is 3. The lowest BCUT2D eigenvalue weighted by molar-refractivity contribution is -0.119. The van der Waals surface area contributed by atoms with Crippen LogP contribution in [0.25, 0.3) is 22.5 Å². The molecule has 3 rings (SSSR count). The molecule has 1 amide bonds. The van der Waals surface area contributed by atoms with Crippen LogP contribution in [0.5, 0.6) is 0 Å². The Morgan fingerprint density at radius 1 is 1.07 bits per heavy atom. The Morgan fingerprint density at radius 2 is 1.69 bits per heavy atom. The van der Waals surface area contributed by atoms with Crippen LogP contribution < -0.4 is 5.32 Å². The third kappa shape index (κ3) is 5.56. The Morgan fingerprint density at radius 3 is 2.28 bits per heavy atom. The van der Waals surface area contributed by atoms with E-state index in [4.69, 9.17) is 28.2 Å². The molecule has 2 aromatic carbocycles. The molecule has 0 radical (unpaired) electrons. The first kappa shape index (κ1) is 21.8. The number of imidazole rings is 1. The van der Waals surface area contributed by atoms with E-state index in [9.17, 15) is 4.79 Å². The molecule has 0 aliphatic rings. The van der Waals surface area contributed by atoms with Crippen molar-refractivity contribution < 1.29 is 4.79 Å². The summed E-state index contributed by atoms with van der Waals surface area (Å²) in [4.78, 5) is 15.5. The lowest BCUT2D eigenvalue weighted by Crippen LogP contribution is -2.30. The van der Waals surface area contributed by atoms with Gasteiger partial charge in [-0.2, -0.15) is 0 Å². The summed E-state index contributed by atoms with van der Waals surface area (Å²) in [6, 6.07) is 20.6. The zero-order valence-corrected chi connectivity index (χ0v) is 18.5. The molecular weight excluding hydrogens is 425 g/mol. The average Bonchev–Trinajstić information content (AvgIpc) is 3.10. The molecule has 0 saturated carbocycles. The molecule has 0 atom stereocenters. The summed E-state index contributed by atoms with van der Waals surface area (Å²) in [6.07, 6.45) is 0.995. The molecule has 29 heavy (non-hydrogen) atoms. The van der Waals surface area contributed by atoms with Crippen molar-refractivity contribution in [3.8, 4) is 22.5 Å². The van der Waals surface area contributed by atoms with Crippen LogP contribution in [0.1, 0.15) is 13.3 Å². The fourth-order valence-corrected chi connectivity index (χ4v) is 4.09. The predicted molar refractivity (Wildman–Crippen MR) is 123 cm³/mol. The van der Waals surface area contributed by atoms with Gasteiger partial charge in [0.1, 0.15) is 0 Å². The van der Waals surface area contributed by atoms with Gasteiger partial charge in [-0.15, -0.1) is 0 Å². The van der Waals surface area contributed by atoms with Gasteiger partial charge in [0.25, 0.3) is 5.91 Å². The van der Waals surface area contributed by atoms with E-state index in [-0.39, 0.29) is 5.91 Å². The first-order valence-electron chi connectivity index (χ1n) is 9.51. The van der Waals surface area contributed by atoms with Crippen molar-refractivity contribution in [2.24, 2.45) is 0 Å². The number of halogens is 2. The minimum Gasteiger partial charge on any atom is -0.353 e. The van der Waals surface area contributed by atoms with Gasteiger partial charge in [0, 0.05) is 30.0 Å². The van der Waals surface area contributed by atoms with Gasteiger partial charge in [-0.05, 0) is 6.42 Å². The molecular formula is C22H23Cl2N3OS. The molecule has 1 N–H and O–H groups in total. The fraction of sp³-hybridized carbons (Fsp3) is 0.273. The number of hydrogen-bond donors (Lipinski definition) is 1. The van der Waals surface area contributed by atoms with Gasteiger partial charge in [-0.3, -0.25) is 4.79 Å². The molecule has 0 fully saturated rings. The van der Waals surface area contributed by atoms with E-state index >= 15 is 0 Å². The van der Waals surface area contributed by atoms with E-state index < -0.39 is 4.84 Å². The second kappa shape index (κ2) is 10.7. The number of rotatable bonds is 9. The zero-order chi connectivity index (χ0) is 20.6. The minimum absolute atomic E-state index is 0.374. The third-order valence-corrected chi connectivity index (χ3v) is 5.68. The van der Waals surface area contributed by atoms with Gasteiger partial charge in [-0.1, -0.05) is 103 Å². The number of aromatic nitrogens is 2. The Hall–Kier alpha value is -1.95. The van der Waals surface area contributed by atoms with E-state index in [0.717, 1.165) is 40.6 Å². The average molecular weight is 448 g/mol. The molecule has 0 saturated heterocycles. The van der Waals surface area contributed by atoms with Crippen LogP contribution in [-0.4, -0.2) is 32.6 Å². The van der Waals surface area contributed by atoms with Crippen LogP contribution >= 0.6 is 35.0 Å². The normalized spacial score (nSPS) is 11.0. The zero-order valence-electron chi connectivity index (χ0n) is 16.1. The molecule has 4 nitrogen and oxygen atoms in total. The topological polar surface area (TPSA) is 46.9 Å². The van der Waals surface area contributed by atoms with Crippen molar-refractivity contribution in [3.63, 3.8) is 0 Å². The van der Waals surface area contributed by atoms with Crippen LogP contribution in [0.3, 0.4) is 0 Å². The number of carbonyl (C=O) groups is 1. The smallest absolute Gasteiger partial charge is 0.253 e. The number of alkyl halides is 2. The highest BCUT2D eigenvalue weighted by Crippen LogP contribution is 2.36. The van der Waals surface area contributed by atoms with E-state index in [1.54, 1.807) is 11.8 Å². The first-order valence-corrected chi connectivity index (χ1v) is 11.4. The first-order chi connectivity index (χ1) is 14.1. The van der Waals surface area contributed by atoms with Crippen LogP contribution in [0, 0.1) is 0 Å². The van der Waals surface area contributed by atoms with E-state index in [1.807, 2.05) is 36.4 Å². The molecule has 0 spiro atoms. The summed E-state index contributed by atoms with van der Waals surface area (Å²) in [5.41, 5.74) is 4.31. The summed E-state index contributed by atoms with van der Waals surface area (Å²) in [7, 11) is 0. The lowest BCUT2D eigenvalue weighted by atomic mass is 10.0. The summed E-state index contributed by atoms with van der Waals surface area (Å²) in [5.74, 6) is 0.302. The molecule has 152 valence electrons. The Bertz CT molecular complexity index is 930. The second-order valence-corrected chi connectivity index (χ2v) is 8.57. The van der Waals surface area contributed by atoms with Crippen molar-refractivity contribution in [2.75, 3.05) is 12.3 Å². The van der Waals surface area contributed by atoms with Crippen LogP contribution in [0.2, 0.25) is 0 Å². The highest BCUT2D eigenvalue weighted by atomic mass is 35.5. The van der Waals surface area contributed by atoms with Crippen molar-refractivity contribution in [2.45, 2.75) is 29.9 Å². The Balaban J connectivity index is 1.94. The van der Waals surface area contributed by atoms with Crippen LogP contribution in [0.15, 0.2) is 65.8 Å². The summed E-state index contributed by atoms with van der Waals surface area (Å²) in [5, 5.41) is 3.67. The maximum absolute atomic E-state index is 11.5. The number of carbonyl (C=O) groups excluding carboxylic acids is 1.